The molecule has 0 bridgehead atoms. The van der Waals surface area contributed by atoms with Crippen LogP contribution in [0.2, 0.25) is 5.02 Å². The van der Waals surface area contributed by atoms with Gasteiger partial charge in [0.15, 0.2) is 0 Å². The minimum Gasteiger partial charge on any atom is -0.460 e. The van der Waals surface area contributed by atoms with Gasteiger partial charge in [0.1, 0.15) is 6.61 Å². The third kappa shape index (κ3) is 4.02. The molecule has 0 aromatic heterocycles. The number of aryl methyl sites for hydroxylation is 2. The molecule has 0 aliphatic carbocycles. The first-order valence-electron chi connectivity index (χ1n) is 8.23. The highest BCUT2D eigenvalue weighted by Gasteiger charge is 2.36. The first kappa shape index (κ1) is 17.5. The van der Waals surface area contributed by atoms with Crippen molar-refractivity contribution in [3.8, 4) is 0 Å². The van der Waals surface area contributed by atoms with Crippen LogP contribution in [0.15, 0.2) is 42.5 Å². The Morgan fingerprint density at radius 3 is 2.56 bits per heavy atom. The Balaban J connectivity index is 1.65. The van der Waals surface area contributed by atoms with Crippen LogP contribution in [0.3, 0.4) is 0 Å². The summed E-state index contributed by atoms with van der Waals surface area (Å²) in [5.74, 6) is -0.861. The molecule has 1 fully saturated rings. The lowest BCUT2D eigenvalue weighted by Crippen LogP contribution is -2.26. The summed E-state index contributed by atoms with van der Waals surface area (Å²) in [6.07, 6.45) is 0.175. The van der Waals surface area contributed by atoms with Crippen molar-refractivity contribution < 1.29 is 14.3 Å². The molecule has 0 spiro atoms. The molecule has 1 saturated heterocycles. The van der Waals surface area contributed by atoms with Crippen molar-refractivity contribution in [3.63, 3.8) is 0 Å². The third-order valence-electron chi connectivity index (χ3n) is 4.30. The summed E-state index contributed by atoms with van der Waals surface area (Å²) in [6, 6.07) is 13.2. The summed E-state index contributed by atoms with van der Waals surface area (Å²) in [4.78, 5) is 26.3. The number of rotatable bonds is 4. The third-order valence-corrected chi connectivity index (χ3v) is 4.67. The van der Waals surface area contributed by atoms with Crippen molar-refractivity contribution in [1.29, 1.82) is 0 Å². The number of esters is 1. The number of hydrogen-bond donors (Lipinski definition) is 0. The van der Waals surface area contributed by atoms with Crippen LogP contribution in [0.5, 0.6) is 0 Å². The van der Waals surface area contributed by atoms with Crippen LogP contribution in [-0.2, 0) is 20.9 Å². The molecule has 0 saturated carbocycles. The molecule has 4 nitrogen and oxygen atoms in total. The molecule has 1 unspecified atom stereocenters. The molecule has 0 radical (unpaired) electrons. The number of nitrogens with zero attached hydrogens (tertiary/aromatic N) is 1. The van der Waals surface area contributed by atoms with Crippen LogP contribution in [0.25, 0.3) is 0 Å². The first-order valence-corrected chi connectivity index (χ1v) is 8.60. The van der Waals surface area contributed by atoms with E-state index in [-0.39, 0.29) is 24.9 Å². The van der Waals surface area contributed by atoms with Gasteiger partial charge >= 0.3 is 5.97 Å². The Kier molecular flexibility index (Phi) is 5.09. The molecule has 3 rings (SSSR count). The molecule has 25 heavy (non-hydrogen) atoms. The topological polar surface area (TPSA) is 46.6 Å². The van der Waals surface area contributed by atoms with Gasteiger partial charge in [0.05, 0.1) is 5.92 Å². The SMILES string of the molecule is Cc1cc(C)cc(N2CC(C(=O)OCc3ccccc3Cl)CC2=O)c1. The summed E-state index contributed by atoms with van der Waals surface area (Å²) in [7, 11) is 0. The van der Waals surface area contributed by atoms with E-state index in [0.717, 1.165) is 22.4 Å². The lowest BCUT2D eigenvalue weighted by Gasteiger charge is -2.18. The van der Waals surface area contributed by atoms with Gasteiger partial charge < -0.3 is 9.64 Å². The zero-order valence-electron chi connectivity index (χ0n) is 14.3. The summed E-state index contributed by atoms with van der Waals surface area (Å²) < 4.78 is 5.37. The zero-order chi connectivity index (χ0) is 18.0. The number of hydrogen-bond acceptors (Lipinski definition) is 3. The number of anilines is 1. The van der Waals surface area contributed by atoms with E-state index in [4.69, 9.17) is 16.3 Å². The van der Waals surface area contributed by atoms with Gasteiger partial charge in [-0.15, -0.1) is 0 Å². The molecule has 1 aliphatic heterocycles. The Morgan fingerprint density at radius 1 is 1.20 bits per heavy atom. The number of carbonyl (C=O) groups excluding carboxylic acids is 2. The van der Waals surface area contributed by atoms with Crippen molar-refractivity contribution >= 4 is 29.2 Å². The zero-order valence-corrected chi connectivity index (χ0v) is 15.0. The van der Waals surface area contributed by atoms with E-state index in [0.29, 0.717) is 11.6 Å². The predicted molar refractivity (Wildman–Crippen MR) is 97.6 cm³/mol. The second-order valence-electron chi connectivity index (χ2n) is 6.45. The fourth-order valence-electron chi connectivity index (χ4n) is 3.10. The van der Waals surface area contributed by atoms with E-state index in [1.54, 1.807) is 11.0 Å². The lowest BCUT2D eigenvalue weighted by atomic mass is 10.1. The average Bonchev–Trinajstić information content (AvgIpc) is 2.95. The fourth-order valence-corrected chi connectivity index (χ4v) is 3.29. The molecule has 1 aliphatic rings. The highest BCUT2D eigenvalue weighted by molar-refractivity contribution is 6.31. The maximum absolute atomic E-state index is 12.3. The smallest absolute Gasteiger partial charge is 0.311 e. The molecular weight excluding hydrogens is 338 g/mol. The molecule has 1 heterocycles. The Labute approximate surface area is 152 Å². The summed E-state index contributed by atoms with van der Waals surface area (Å²) in [5.41, 5.74) is 3.78. The minimum absolute atomic E-state index is 0.0512. The Hall–Kier alpha value is -2.33. The van der Waals surface area contributed by atoms with Gasteiger partial charge in [-0.05, 0) is 43.2 Å². The summed E-state index contributed by atoms with van der Waals surface area (Å²) in [6.45, 7) is 4.45. The number of ether oxygens (including phenoxy) is 1. The molecule has 130 valence electrons. The monoisotopic (exact) mass is 357 g/mol. The fraction of sp³-hybridized carbons (Fsp3) is 0.300. The highest BCUT2D eigenvalue weighted by atomic mass is 35.5. The van der Waals surface area contributed by atoms with Crippen molar-refractivity contribution in [1.82, 2.24) is 0 Å². The van der Waals surface area contributed by atoms with Gasteiger partial charge in [-0.1, -0.05) is 35.9 Å². The van der Waals surface area contributed by atoms with Crippen molar-refractivity contribution in [2.24, 2.45) is 5.92 Å². The van der Waals surface area contributed by atoms with E-state index >= 15 is 0 Å². The second kappa shape index (κ2) is 7.28. The maximum atomic E-state index is 12.3. The van der Waals surface area contributed by atoms with Crippen LogP contribution in [0.4, 0.5) is 5.69 Å². The largest absolute Gasteiger partial charge is 0.460 e. The number of carbonyl (C=O) groups is 2. The van der Waals surface area contributed by atoms with Crippen LogP contribution in [-0.4, -0.2) is 18.4 Å². The molecule has 0 N–H and O–H groups in total. The summed E-state index contributed by atoms with van der Waals surface area (Å²) >= 11 is 6.07. The average molecular weight is 358 g/mol. The van der Waals surface area contributed by atoms with Crippen molar-refractivity contribution in [3.05, 3.63) is 64.2 Å². The Bertz CT molecular complexity index is 798. The van der Waals surface area contributed by atoms with Crippen molar-refractivity contribution in [2.75, 3.05) is 11.4 Å². The highest BCUT2D eigenvalue weighted by Crippen LogP contribution is 2.28. The van der Waals surface area contributed by atoms with E-state index < -0.39 is 5.92 Å². The van der Waals surface area contributed by atoms with Gasteiger partial charge in [0.2, 0.25) is 5.91 Å². The van der Waals surface area contributed by atoms with Crippen LogP contribution >= 0.6 is 11.6 Å². The normalized spacial score (nSPS) is 17.0. The molecule has 5 heteroatoms. The van der Waals surface area contributed by atoms with Gasteiger partial charge in [0, 0.05) is 29.2 Å². The molecule has 1 amide bonds. The quantitative estimate of drug-likeness (QED) is 0.775. The number of amides is 1. The molecule has 1 atom stereocenters. The molecule has 2 aromatic rings. The van der Waals surface area contributed by atoms with Gasteiger partial charge in [-0.25, -0.2) is 0 Å². The first-order chi connectivity index (χ1) is 11.9. The van der Waals surface area contributed by atoms with Crippen molar-refractivity contribution in [2.45, 2.75) is 26.9 Å². The standard InChI is InChI=1S/C20H20ClNO3/c1-13-7-14(2)9-17(8-13)22-11-16(10-19(22)23)20(24)25-12-15-5-3-4-6-18(15)21/h3-9,16H,10-12H2,1-2H3. The minimum atomic E-state index is -0.448. The van der Waals surface area contributed by atoms with Gasteiger partial charge in [0.25, 0.3) is 0 Å². The van der Waals surface area contributed by atoms with Gasteiger partial charge in [-0.2, -0.15) is 0 Å². The van der Waals surface area contributed by atoms with E-state index in [1.165, 1.54) is 0 Å². The van der Waals surface area contributed by atoms with Crippen LogP contribution < -0.4 is 4.90 Å². The molecule has 2 aromatic carbocycles. The predicted octanol–water partition coefficient (Wildman–Crippen LogP) is 4.05. The maximum Gasteiger partial charge on any atom is 0.311 e. The number of benzene rings is 2. The lowest BCUT2D eigenvalue weighted by molar-refractivity contribution is -0.149. The van der Waals surface area contributed by atoms with E-state index in [1.807, 2.05) is 44.2 Å². The van der Waals surface area contributed by atoms with Gasteiger partial charge in [-0.3, -0.25) is 9.59 Å². The van der Waals surface area contributed by atoms with Crippen LogP contribution in [0.1, 0.15) is 23.1 Å². The summed E-state index contributed by atoms with van der Waals surface area (Å²) in [5, 5.41) is 0.565. The van der Waals surface area contributed by atoms with E-state index in [9.17, 15) is 9.59 Å². The Morgan fingerprint density at radius 2 is 1.88 bits per heavy atom. The van der Waals surface area contributed by atoms with E-state index in [2.05, 4.69) is 6.07 Å². The molecular formula is C20H20ClNO3. The second-order valence-corrected chi connectivity index (χ2v) is 6.86. The number of halogens is 1. The van der Waals surface area contributed by atoms with Crippen LogP contribution in [0, 0.1) is 19.8 Å².